The van der Waals surface area contributed by atoms with Gasteiger partial charge in [-0.2, -0.15) is 5.10 Å². The number of rotatable bonds is 6. The summed E-state index contributed by atoms with van der Waals surface area (Å²) in [7, 11) is 1.80. The minimum atomic E-state index is -0.0221. The number of amides is 1. The van der Waals surface area contributed by atoms with Crippen LogP contribution >= 0.6 is 0 Å². The van der Waals surface area contributed by atoms with Crippen LogP contribution in [0.2, 0.25) is 0 Å². The van der Waals surface area contributed by atoms with Crippen LogP contribution in [0.15, 0.2) is 42.6 Å². The first kappa shape index (κ1) is 16.7. The van der Waals surface area contributed by atoms with Crippen molar-refractivity contribution in [3.05, 3.63) is 53.9 Å². The average Bonchev–Trinajstić information content (AvgIpc) is 3.02. The van der Waals surface area contributed by atoms with Gasteiger partial charge in [-0.1, -0.05) is 30.3 Å². The van der Waals surface area contributed by atoms with E-state index in [0.717, 1.165) is 45.3 Å². The number of benzene rings is 1. The standard InChI is InChI=1S/C19H26N4O/c1-22-18(11-12-20-22)19(24)21-17-10-6-14-23(15-17)13-5-9-16-7-3-2-4-8-16/h2-4,7-8,11-12,17H,5-6,9-10,13-15H2,1H3,(H,21,24). The fraction of sp³-hybridized carbons (Fsp3) is 0.474. The van der Waals surface area contributed by atoms with Gasteiger partial charge in [-0.15, -0.1) is 0 Å². The number of carbonyl (C=O) groups excluding carboxylic acids is 1. The molecule has 24 heavy (non-hydrogen) atoms. The van der Waals surface area contributed by atoms with Crippen molar-refractivity contribution in [1.29, 1.82) is 0 Å². The highest BCUT2D eigenvalue weighted by atomic mass is 16.2. The SMILES string of the molecule is Cn1nccc1C(=O)NC1CCCN(CCCc2ccccc2)C1. The molecule has 1 fully saturated rings. The zero-order chi connectivity index (χ0) is 16.8. The molecule has 1 saturated heterocycles. The third-order valence-electron chi connectivity index (χ3n) is 4.68. The minimum Gasteiger partial charge on any atom is -0.347 e. The molecule has 5 heteroatoms. The van der Waals surface area contributed by atoms with Crippen molar-refractivity contribution in [2.75, 3.05) is 19.6 Å². The van der Waals surface area contributed by atoms with Crippen molar-refractivity contribution in [3.8, 4) is 0 Å². The van der Waals surface area contributed by atoms with Crippen LogP contribution in [0.25, 0.3) is 0 Å². The fourth-order valence-electron chi connectivity index (χ4n) is 3.38. The van der Waals surface area contributed by atoms with Crippen molar-refractivity contribution >= 4 is 5.91 Å². The Bertz CT molecular complexity index is 652. The number of aryl methyl sites for hydroxylation is 2. The van der Waals surface area contributed by atoms with Gasteiger partial charge in [0.25, 0.3) is 5.91 Å². The smallest absolute Gasteiger partial charge is 0.269 e. The molecule has 1 aromatic carbocycles. The topological polar surface area (TPSA) is 50.2 Å². The molecule has 1 aliphatic heterocycles. The zero-order valence-electron chi connectivity index (χ0n) is 14.3. The van der Waals surface area contributed by atoms with Crippen molar-refractivity contribution in [2.24, 2.45) is 7.05 Å². The summed E-state index contributed by atoms with van der Waals surface area (Å²) in [6.07, 6.45) is 6.13. The predicted molar refractivity (Wildman–Crippen MR) is 94.9 cm³/mol. The summed E-state index contributed by atoms with van der Waals surface area (Å²) >= 11 is 0. The summed E-state index contributed by atoms with van der Waals surface area (Å²) in [5, 5.41) is 7.22. The lowest BCUT2D eigenvalue weighted by Crippen LogP contribution is -2.48. The quantitative estimate of drug-likeness (QED) is 0.886. The fourth-order valence-corrected chi connectivity index (χ4v) is 3.38. The van der Waals surface area contributed by atoms with E-state index in [0.29, 0.717) is 5.69 Å². The zero-order valence-corrected chi connectivity index (χ0v) is 14.3. The molecule has 2 aromatic rings. The minimum absolute atomic E-state index is 0.0221. The molecular formula is C19H26N4O. The molecule has 1 atom stereocenters. The number of nitrogens with zero attached hydrogens (tertiary/aromatic N) is 3. The van der Waals surface area contributed by atoms with Crippen LogP contribution in [0.3, 0.4) is 0 Å². The highest BCUT2D eigenvalue weighted by molar-refractivity contribution is 5.92. The number of hydrogen-bond acceptors (Lipinski definition) is 3. The number of aromatic nitrogens is 2. The molecule has 0 bridgehead atoms. The molecule has 2 heterocycles. The molecule has 1 N–H and O–H groups in total. The number of hydrogen-bond donors (Lipinski definition) is 1. The predicted octanol–water partition coefficient (Wildman–Crippen LogP) is 2.25. The molecule has 1 aliphatic rings. The lowest BCUT2D eigenvalue weighted by Gasteiger charge is -2.33. The molecule has 0 saturated carbocycles. The van der Waals surface area contributed by atoms with Crippen LogP contribution in [0.1, 0.15) is 35.3 Å². The summed E-state index contributed by atoms with van der Waals surface area (Å²) in [6.45, 7) is 3.16. The van der Waals surface area contributed by atoms with Gasteiger partial charge in [0.2, 0.25) is 0 Å². The molecule has 5 nitrogen and oxygen atoms in total. The Labute approximate surface area is 143 Å². The van der Waals surface area contributed by atoms with E-state index in [4.69, 9.17) is 0 Å². The Kier molecular flexibility index (Phi) is 5.64. The van der Waals surface area contributed by atoms with Crippen LogP contribution in [0.5, 0.6) is 0 Å². The second kappa shape index (κ2) is 8.11. The average molecular weight is 326 g/mol. The summed E-state index contributed by atoms with van der Waals surface area (Å²) in [4.78, 5) is 14.8. The molecule has 3 rings (SSSR count). The van der Waals surface area contributed by atoms with E-state index in [1.54, 1.807) is 24.0 Å². The summed E-state index contributed by atoms with van der Waals surface area (Å²) in [5.41, 5.74) is 2.02. The van der Waals surface area contributed by atoms with E-state index in [1.165, 1.54) is 5.56 Å². The molecular weight excluding hydrogens is 300 g/mol. The monoisotopic (exact) mass is 326 g/mol. The highest BCUT2D eigenvalue weighted by Crippen LogP contribution is 2.12. The summed E-state index contributed by atoms with van der Waals surface area (Å²) in [5.74, 6) is -0.0221. The van der Waals surface area contributed by atoms with Crippen LogP contribution < -0.4 is 5.32 Å². The first-order chi connectivity index (χ1) is 11.7. The third kappa shape index (κ3) is 4.45. The second-order valence-corrected chi connectivity index (χ2v) is 6.54. The first-order valence-electron chi connectivity index (χ1n) is 8.77. The van der Waals surface area contributed by atoms with Gasteiger partial charge >= 0.3 is 0 Å². The van der Waals surface area contributed by atoms with Gasteiger partial charge in [0.1, 0.15) is 5.69 Å². The number of nitrogens with one attached hydrogen (secondary N) is 1. The van der Waals surface area contributed by atoms with E-state index in [-0.39, 0.29) is 11.9 Å². The van der Waals surface area contributed by atoms with E-state index in [1.807, 2.05) is 0 Å². The highest BCUT2D eigenvalue weighted by Gasteiger charge is 2.22. The normalized spacial score (nSPS) is 18.5. The van der Waals surface area contributed by atoms with Gasteiger partial charge in [0.05, 0.1) is 0 Å². The van der Waals surface area contributed by atoms with E-state index >= 15 is 0 Å². The molecule has 0 aliphatic carbocycles. The van der Waals surface area contributed by atoms with Gasteiger partial charge in [-0.25, -0.2) is 0 Å². The number of carbonyl (C=O) groups is 1. The van der Waals surface area contributed by atoms with Gasteiger partial charge < -0.3 is 10.2 Å². The molecule has 1 aromatic heterocycles. The van der Waals surface area contributed by atoms with Crippen molar-refractivity contribution in [3.63, 3.8) is 0 Å². The van der Waals surface area contributed by atoms with E-state index in [9.17, 15) is 4.79 Å². The van der Waals surface area contributed by atoms with Crippen molar-refractivity contribution in [2.45, 2.75) is 31.7 Å². The van der Waals surface area contributed by atoms with Gasteiger partial charge in [0.15, 0.2) is 0 Å². The van der Waals surface area contributed by atoms with Crippen LogP contribution in [-0.4, -0.2) is 46.3 Å². The van der Waals surface area contributed by atoms with Crippen molar-refractivity contribution < 1.29 is 4.79 Å². The maximum absolute atomic E-state index is 12.3. The molecule has 1 unspecified atom stereocenters. The Morgan fingerprint density at radius 1 is 1.29 bits per heavy atom. The Morgan fingerprint density at radius 2 is 2.12 bits per heavy atom. The van der Waals surface area contributed by atoms with Crippen molar-refractivity contribution in [1.82, 2.24) is 20.0 Å². The maximum atomic E-state index is 12.3. The lowest BCUT2D eigenvalue weighted by atomic mass is 10.0. The van der Waals surface area contributed by atoms with E-state index < -0.39 is 0 Å². The maximum Gasteiger partial charge on any atom is 0.269 e. The third-order valence-corrected chi connectivity index (χ3v) is 4.68. The van der Waals surface area contributed by atoms with Gasteiger partial charge in [0, 0.05) is 25.8 Å². The van der Waals surface area contributed by atoms with Gasteiger partial charge in [-0.3, -0.25) is 9.48 Å². The Morgan fingerprint density at radius 3 is 2.88 bits per heavy atom. The Balaban J connectivity index is 1.44. The molecule has 1 amide bonds. The van der Waals surface area contributed by atoms with E-state index in [2.05, 4.69) is 45.6 Å². The summed E-state index contributed by atoms with van der Waals surface area (Å²) < 4.78 is 1.62. The number of piperidine rings is 1. The van der Waals surface area contributed by atoms with Crippen LogP contribution in [-0.2, 0) is 13.5 Å². The molecule has 0 radical (unpaired) electrons. The molecule has 128 valence electrons. The van der Waals surface area contributed by atoms with Crippen LogP contribution in [0, 0.1) is 0 Å². The molecule has 0 spiro atoms. The lowest BCUT2D eigenvalue weighted by molar-refractivity contribution is 0.0894. The van der Waals surface area contributed by atoms with Gasteiger partial charge in [-0.05, 0) is 50.4 Å². The summed E-state index contributed by atoms with van der Waals surface area (Å²) in [6, 6.07) is 12.6. The first-order valence-corrected chi connectivity index (χ1v) is 8.77. The Hall–Kier alpha value is -2.14. The largest absolute Gasteiger partial charge is 0.347 e. The number of likely N-dealkylation sites (tertiary alicyclic amines) is 1. The second-order valence-electron chi connectivity index (χ2n) is 6.54. The van der Waals surface area contributed by atoms with Crippen LogP contribution in [0.4, 0.5) is 0 Å².